The molecule has 3 rings (SSSR count). The smallest absolute Gasteiger partial charge is 0.324 e. The summed E-state index contributed by atoms with van der Waals surface area (Å²) >= 11 is 1.52. The molecule has 3 atom stereocenters. The summed E-state index contributed by atoms with van der Waals surface area (Å²) in [6.45, 7) is 10.9. The minimum Gasteiger partial charge on any atom is -0.392 e. The summed E-state index contributed by atoms with van der Waals surface area (Å²) in [6, 6.07) is 2.25. The Balaban J connectivity index is 1.73. The van der Waals surface area contributed by atoms with E-state index in [2.05, 4.69) is 48.7 Å². The Labute approximate surface area is 221 Å². The highest BCUT2D eigenvalue weighted by Gasteiger charge is 2.41. The van der Waals surface area contributed by atoms with Gasteiger partial charge in [-0.3, -0.25) is 9.69 Å². The zero-order chi connectivity index (χ0) is 26.6. The summed E-state index contributed by atoms with van der Waals surface area (Å²) in [5.41, 5.74) is 7.29. The number of carbonyl (C=O) groups excluding carboxylic acids is 2. The molecular weight excluding hydrogens is 472 g/mol. The maximum absolute atomic E-state index is 13.8. The highest BCUT2D eigenvalue weighted by molar-refractivity contribution is 8.03. The Kier molecular flexibility index (Phi) is 9.53. The van der Waals surface area contributed by atoms with Crippen LogP contribution in [0.25, 0.3) is 0 Å². The Morgan fingerprint density at radius 1 is 1.31 bits per heavy atom. The molecule has 2 aliphatic heterocycles. The van der Waals surface area contributed by atoms with Gasteiger partial charge in [-0.05, 0) is 76.1 Å². The van der Waals surface area contributed by atoms with Gasteiger partial charge in [-0.25, -0.2) is 4.79 Å². The van der Waals surface area contributed by atoms with Crippen LogP contribution < -0.4 is 11.1 Å². The third kappa shape index (κ3) is 7.50. The monoisotopic (exact) mass is 516 g/mol. The first-order valence-corrected chi connectivity index (χ1v) is 14.1. The molecule has 2 fully saturated rings. The topological polar surface area (TPSA) is 106 Å². The Morgan fingerprint density at radius 2 is 2.00 bits per heavy atom. The number of piperidine rings is 1. The maximum Gasteiger partial charge on any atom is 0.324 e. The quantitative estimate of drug-likeness (QED) is 0.535. The molecular formula is C27H44N6O2S. The first-order valence-electron chi connectivity index (χ1n) is 13.1. The number of rotatable bonds is 7. The molecule has 0 aromatic rings. The van der Waals surface area contributed by atoms with Gasteiger partial charge in [-0.15, -0.1) is 11.8 Å². The van der Waals surface area contributed by atoms with Crippen LogP contribution in [0.2, 0.25) is 0 Å². The second-order valence-corrected chi connectivity index (χ2v) is 13.1. The fourth-order valence-corrected chi connectivity index (χ4v) is 6.67. The summed E-state index contributed by atoms with van der Waals surface area (Å²) in [5.74, 6) is 1.09. The average Bonchev–Trinajstić information content (AvgIpc) is 3.60. The number of fused-ring (bicyclic) bond motifs is 1. The highest BCUT2D eigenvalue weighted by Crippen LogP contribution is 2.39. The molecule has 0 radical (unpaired) electrons. The van der Waals surface area contributed by atoms with Gasteiger partial charge in [-0.2, -0.15) is 5.26 Å². The molecule has 36 heavy (non-hydrogen) atoms. The molecule has 3 aliphatic rings. The van der Waals surface area contributed by atoms with Gasteiger partial charge in [0.15, 0.2) is 0 Å². The SMILES string of the molecule is C=C1C[C@H]2C[C@@H](C(=O)N(CC3CC3)C(=O)NCC(C)(C)CN(C)C)CN(C)[C@@H]2CCSC(N)=C1C#N. The number of urea groups is 1. The molecule has 0 aromatic carbocycles. The van der Waals surface area contributed by atoms with Crippen LogP contribution in [-0.2, 0) is 4.79 Å². The van der Waals surface area contributed by atoms with E-state index in [0.29, 0.717) is 55.0 Å². The number of nitriles is 1. The fourth-order valence-electron chi connectivity index (χ4n) is 5.76. The van der Waals surface area contributed by atoms with E-state index in [-0.39, 0.29) is 29.2 Å². The number of thioether (sulfide) groups is 1. The van der Waals surface area contributed by atoms with Gasteiger partial charge in [0.25, 0.3) is 0 Å². The van der Waals surface area contributed by atoms with Crippen molar-refractivity contribution in [1.29, 1.82) is 5.26 Å². The number of hydrogen-bond donors (Lipinski definition) is 2. The molecule has 9 heteroatoms. The average molecular weight is 517 g/mol. The van der Waals surface area contributed by atoms with Crippen molar-refractivity contribution < 1.29 is 9.59 Å². The number of nitrogens with two attached hydrogens (primary N) is 1. The second kappa shape index (κ2) is 12.0. The van der Waals surface area contributed by atoms with Gasteiger partial charge in [0.1, 0.15) is 6.07 Å². The maximum atomic E-state index is 13.8. The lowest BCUT2D eigenvalue weighted by Gasteiger charge is -2.43. The molecule has 0 unspecified atom stereocenters. The van der Waals surface area contributed by atoms with Crippen molar-refractivity contribution in [1.82, 2.24) is 20.0 Å². The molecule has 3 amide bonds. The number of likely N-dealkylation sites (tertiary alicyclic amines) is 1. The summed E-state index contributed by atoms with van der Waals surface area (Å²) in [6.07, 6.45) is 4.40. The Hall–Kier alpha value is -2.02. The lowest BCUT2D eigenvalue weighted by Crippen LogP contribution is -2.55. The van der Waals surface area contributed by atoms with Crippen molar-refractivity contribution in [2.75, 3.05) is 53.1 Å². The van der Waals surface area contributed by atoms with Gasteiger partial charge in [0.05, 0.1) is 16.5 Å². The van der Waals surface area contributed by atoms with E-state index < -0.39 is 0 Å². The molecule has 0 bridgehead atoms. The first-order chi connectivity index (χ1) is 16.9. The summed E-state index contributed by atoms with van der Waals surface area (Å²) in [7, 11) is 6.11. The normalized spacial score (nSPS) is 25.9. The van der Waals surface area contributed by atoms with E-state index in [1.54, 1.807) is 0 Å². The molecule has 1 saturated carbocycles. The van der Waals surface area contributed by atoms with Gasteiger partial charge >= 0.3 is 6.03 Å². The van der Waals surface area contributed by atoms with Crippen LogP contribution in [0, 0.1) is 34.5 Å². The fraction of sp³-hybridized carbons (Fsp3) is 0.741. The van der Waals surface area contributed by atoms with Gasteiger partial charge < -0.3 is 20.9 Å². The molecule has 8 nitrogen and oxygen atoms in total. The molecule has 3 N–H and O–H groups in total. The van der Waals surface area contributed by atoms with Crippen LogP contribution in [0.15, 0.2) is 22.8 Å². The molecule has 1 aliphatic carbocycles. The van der Waals surface area contributed by atoms with Crippen LogP contribution >= 0.6 is 11.8 Å². The second-order valence-electron chi connectivity index (χ2n) is 11.9. The number of allylic oxidation sites excluding steroid dienone is 2. The zero-order valence-corrected chi connectivity index (χ0v) is 23.5. The number of amides is 3. The standard InChI is InChI=1S/C27H44N6O2S/c1-18-11-20-12-21(15-32(6)23(20)9-10-36-24(29)22(18)13-28)25(34)33(14-19-7-8-19)26(35)30-16-27(2,3)17-31(4)5/h19-21,23H,1,7-12,14-17,29H2,2-6H3,(H,30,35)/t20-,21+,23+/m0/s1. The lowest BCUT2D eigenvalue weighted by atomic mass is 9.77. The van der Waals surface area contributed by atoms with Crippen molar-refractivity contribution in [3.8, 4) is 6.07 Å². The van der Waals surface area contributed by atoms with Crippen LogP contribution in [-0.4, -0.2) is 85.8 Å². The van der Waals surface area contributed by atoms with E-state index >= 15 is 0 Å². The van der Waals surface area contributed by atoms with E-state index in [9.17, 15) is 14.9 Å². The summed E-state index contributed by atoms with van der Waals surface area (Å²) in [5, 5.41) is 13.2. The number of hydrogen-bond acceptors (Lipinski definition) is 7. The molecule has 1 saturated heterocycles. The lowest BCUT2D eigenvalue weighted by molar-refractivity contribution is -0.136. The summed E-state index contributed by atoms with van der Waals surface area (Å²) < 4.78 is 0. The van der Waals surface area contributed by atoms with Crippen LogP contribution in [0.4, 0.5) is 4.79 Å². The molecule has 2 heterocycles. The predicted octanol–water partition coefficient (Wildman–Crippen LogP) is 3.24. The molecule has 0 aromatic heterocycles. The van der Waals surface area contributed by atoms with Crippen LogP contribution in [0.3, 0.4) is 0 Å². The third-order valence-corrected chi connectivity index (χ3v) is 8.51. The summed E-state index contributed by atoms with van der Waals surface area (Å²) in [4.78, 5) is 33.0. The number of nitrogens with zero attached hydrogens (tertiary/aromatic N) is 4. The van der Waals surface area contributed by atoms with E-state index in [0.717, 1.165) is 37.1 Å². The van der Waals surface area contributed by atoms with Gasteiger partial charge in [-0.1, -0.05) is 20.4 Å². The third-order valence-electron chi connectivity index (χ3n) is 7.56. The number of nitrogens with one attached hydrogen (secondary N) is 1. The van der Waals surface area contributed by atoms with Crippen LogP contribution in [0.5, 0.6) is 0 Å². The Morgan fingerprint density at radius 3 is 2.61 bits per heavy atom. The molecule has 200 valence electrons. The van der Waals surface area contributed by atoms with Crippen molar-refractivity contribution >= 4 is 23.7 Å². The van der Waals surface area contributed by atoms with Crippen LogP contribution in [0.1, 0.15) is 46.0 Å². The number of imide groups is 1. The minimum atomic E-state index is -0.277. The zero-order valence-electron chi connectivity index (χ0n) is 22.7. The van der Waals surface area contributed by atoms with Crippen molar-refractivity contribution in [2.24, 2.45) is 28.9 Å². The highest BCUT2D eigenvalue weighted by atomic mass is 32.2. The predicted molar refractivity (Wildman–Crippen MR) is 146 cm³/mol. The van der Waals surface area contributed by atoms with Crippen molar-refractivity contribution in [2.45, 2.75) is 52.0 Å². The van der Waals surface area contributed by atoms with E-state index in [1.165, 1.54) is 16.7 Å². The van der Waals surface area contributed by atoms with Gasteiger partial charge in [0.2, 0.25) is 5.91 Å². The largest absolute Gasteiger partial charge is 0.392 e. The Bertz CT molecular complexity index is 920. The van der Waals surface area contributed by atoms with Gasteiger partial charge in [0, 0.05) is 38.0 Å². The van der Waals surface area contributed by atoms with E-state index in [4.69, 9.17) is 5.73 Å². The minimum absolute atomic E-state index is 0.0782. The van der Waals surface area contributed by atoms with Crippen molar-refractivity contribution in [3.63, 3.8) is 0 Å². The van der Waals surface area contributed by atoms with E-state index in [1.807, 2.05) is 14.1 Å². The first kappa shape index (κ1) is 28.5. The van der Waals surface area contributed by atoms with Crippen molar-refractivity contribution in [3.05, 3.63) is 22.8 Å². The molecule has 0 spiro atoms. The number of carbonyl (C=O) groups is 2.